The highest BCUT2D eigenvalue weighted by Crippen LogP contribution is 2.56. The first-order valence-corrected chi connectivity index (χ1v) is 11.9. The molecule has 3 aliphatic rings. The Balaban J connectivity index is 1.38. The Hall–Kier alpha value is -1.95. The zero-order chi connectivity index (χ0) is 21.1. The van der Waals surface area contributed by atoms with Gasteiger partial charge in [-0.15, -0.1) is 0 Å². The Morgan fingerprint density at radius 1 is 1.13 bits per heavy atom. The van der Waals surface area contributed by atoms with Crippen LogP contribution in [0.3, 0.4) is 0 Å². The van der Waals surface area contributed by atoms with Gasteiger partial charge in [-0.2, -0.15) is 0 Å². The maximum Gasteiger partial charge on any atom is 0.0700 e. The number of piperidine rings is 1. The van der Waals surface area contributed by atoms with Gasteiger partial charge in [0.25, 0.3) is 0 Å². The quantitative estimate of drug-likeness (QED) is 0.634. The van der Waals surface area contributed by atoms with Crippen LogP contribution in [0.25, 0.3) is 0 Å². The van der Waals surface area contributed by atoms with Gasteiger partial charge >= 0.3 is 0 Å². The topological polar surface area (TPSA) is 46.6 Å². The first-order chi connectivity index (χ1) is 15.3. The second-order valence-electron chi connectivity index (χ2n) is 9.41. The van der Waals surface area contributed by atoms with Crippen LogP contribution in [0.1, 0.15) is 43.2 Å². The third-order valence-corrected chi connectivity index (χ3v) is 7.86. The fraction of sp³-hybridized carbons (Fsp3) is 0.577. The summed E-state index contributed by atoms with van der Waals surface area (Å²) in [6.07, 6.45) is 11.6. The van der Waals surface area contributed by atoms with Crippen molar-refractivity contribution >= 4 is 11.4 Å². The average Bonchev–Trinajstić information content (AvgIpc) is 2.81. The van der Waals surface area contributed by atoms with Crippen molar-refractivity contribution in [1.29, 1.82) is 0 Å². The second kappa shape index (κ2) is 9.27. The normalized spacial score (nSPS) is 27.4. The first-order valence-electron chi connectivity index (χ1n) is 11.9. The lowest BCUT2D eigenvalue weighted by molar-refractivity contribution is -0.0273. The summed E-state index contributed by atoms with van der Waals surface area (Å²) < 4.78 is 10.9. The van der Waals surface area contributed by atoms with Crippen LogP contribution >= 0.6 is 0 Å². The monoisotopic (exact) mass is 421 g/mol. The summed E-state index contributed by atoms with van der Waals surface area (Å²) in [6.45, 7) is 4.40. The van der Waals surface area contributed by atoms with E-state index in [4.69, 9.17) is 9.47 Å². The van der Waals surface area contributed by atoms with Crippen molar-refractivity contribution < 1.29 is 9.47 Å². The maximum atomic E-state index is 5.81. The molecule has 3 atom stereocenters. The molecule has 166 valence electrons. The van der Waals surface area contributed by atoms with Crippen molar-refractivity contribution in [3.63, 3.8) is 0 Å². The number of anilines is 2. The fourth-order valence-electron chi connectivity index (χ4n) is 6.47. The zero-order valence-corrected chi connectivity index (χ0v) is 18.7. The number of fused-ring (bicyclic) bond motifs is 1. The Labute approximate surface area is 186 Å². The number of methoxy groups -OCH3 is 1. The highest BCUT2D eigenvalue weighted by Gasteiger charge is 2.53. The number of benzene rings is 1. The number of ether oxygens (including phenoxy) is 2. The van der Waals surface area contributed by atoms with Crippen molar-refractivity contribution in [3.05, 3.63) is 53.9 Å². The van der Waals surface area contributed by atoms with E-state index in [1.807, 2.05) is 18.5 Å². The van der Waals surface area contributed by atoms with E-state index in [1.165, 1.54) is 50.8 Å². The van der Waals surface area contributed by atoms with Crippen LogP contribution in [-0.4, -0.2) is 55.9 Å². The molecule has 1 saturated heterocycles. The molecule has 0 spiro atoms. The van der Waals surface area contributed by atoms with Gasteiger partial charge in [-0.25, -0.2) is 0 Å². The van der Waals surface area contributed by atoms with Crippen LogP contribution in [0, 0.1) is 5.92 Å². The molecule has 5 nitrogen and oxygen atoms in total. The molecule has 1 N–H and O–H groups in total. The Kier molecular flexibility index (Phi) is 6.26. The number of pyridine rings is 1. The van der Waals surface area contributed by atoms with Crippen molar-refractivity contribution in [2.45, 2.75) is 50.0 Å². The summed E-state index contributed by atoms with van der Waals surface area (Å²) in [5.74, 6) is 0.773. The third-order valence-electron chi connectivity index (χ3n) is 7.86. The lowest BCUT2D eigenvalue weighted by Gasteiger charge is -2.59. The standard InChI is InChI=1S/C26H35N3O2/c1-30-15-16-31-14-13-29-12-10-26-9-3-2-6-23(26)25(29)17-20-7-8-21(18-24(20)26)28-22-5-4-11-27-19-22/h4-5,7-8,11,18-19,23,25,28H,2-3,6,9-10,12-17H2,1H3/t23-,25+,26+/m0/s1. The Morgan fingerprint density at radius 2 is 2.10 bits per heavy atom. The summed E-state index contributed by atoms with van der Waals surface area (Å²) >= 11 is 0. The molecule has 1 aliphatic heterocycles. The molecule has 2 bridgehead atoms. The van der Waals surface area contributed by atoms with Gasteiger partial charge in [0.1, 0.15) is 0 Å². The van der Waals surface area contributed by atoms with E-state index >= 15 is 0 Å². The van der Waals surface area contributed by atoms with Gasteiger partial charge in [0.15, 0.2) is 0 Å². The molecule has 2 heterocycles. The van der Waals surface area contributed by atoms with Crippen LogP contribution in [0.5, 0.6) is 0 Å². The van der Waals surface area contributed by atoms with Crippen molar-refractivity contribution in [2.24, 2.45) is 5.92 Å². The molecule has 0 amide bonds. The summed E-state index contributed by atoms with van der Waals surface area (Å²) in [4.78, 5) is 6.97. The molecular formula is C26H35N3O2. The molecule has 0 unspecified atom stereocenters. The molecule has 5 rings (SSSR count). The molecule has 1 aromatic heterocycles. The van der Waals surface area contributed by atoms with E-state index in [2.05, 4.69) is 39.5 Å². The third kappa shape index (κ3) is 4.11. The summed E-state index contributed by atoms with van der Waals surface area (Å²) in [5, 5.41) is 3.57. The highest BCUT2D eigenvalue weighted by atomic mass is 16.5. The minimum absolute atomic E-state index is 0.358. The van der Waals surface area contributed by atoms with Crippen LogP contribution in [0.15, 0.2) is 42.7 Å². The predicted molar refractivity (Wildman–Crippen MR) is 124 cm³/mol. The van der Waals surface area contributed by atoms with E-state index < -0.39 is 0 Å². The van der Waals surface area contributed by atoms with Crippen LogP contribution in [0.4, 0.5) is 11.4 Å². The maximum absolute atomic E-state index is 5.81. The number of nitrogens with one attached hydrogen (secondary N) is 1. The van der Waals surface area contributed by atoms with E-state index in [-0.39, 0.29) is 0 Å². The number of hydrogen-bond acceptors (Lipinski definition) is 5. The number of likely N-dealkylation sites (tertiary alicyclic amines) is 1. The minimum atomic E-state index is 0.358. The molecule has 2 aromatic rings. The van der Waals surface area contributed by atoms with Gasteiger partial charge < -0.3 is 14.8 Å². The zero-order valence-electron chi connectivity index (χ0n) is 18.7. The molecule has 2 aliphatic carbocycles. The van der Waals surface area contributed by atoms with Crippen molar-refractivity contribution in [3.8, 4) is 0 Å². The largest absolute Gasteiger partial charge is 0.382 e. The van der Waals surface area contributed by atoms with E-state index in [1.54, 1.807) is 18.2 Å². The Bertz CT molecular complexity index is 874. The molecule has 0 radical (unpaired) electrons. The van der Waals surface area contributed by atoms with Gasteiger partial charge in [0, 0.05) is 37.0 Å². The molecule has 2 fully saturated rings. The molecule has 1 saturated carbocycles. The van der Waals surface area contributed by atoms with E-state index in [0.717, 1.165) is 24.8 Å². The van der Waals surface area contributed by atoms with Crippen LogP contribution < -0.4 is 5.32 Å². The fourth-order valence-corrected chi connectivity index (χ4v) is 6.47. The highest BCUT2D eigenvalue weighted by molar-refractivity contribution is 5.62. The predicted octanol–water partition coefficient (Wildman–Crippen LogP) is 4.55. The Morgan fingerprint density at radius 3 is 2.97 bits per heavy atom. The van der Waals surface area contributed by atoms with Gasteiger partial charge in [0.2, 0.25) is 0 Å². The molecule has 5 heteroatoms. The van der Waals surface area contributed by atoms with Gasteiger partial charge in [-0.1, -0.05) is 18.9 Å². The van der Waals surface area contributed by atoms with E-state index in [9.17, 15) is 0 Å². The van der Waals surface area contributed by atoms with Gasteiger partial charge in [0.05, 0.1) is 31.7 Å². The lowest BCUT2D eigenvalue weighted by Crippen LogP contribution is -2.61. The summed E-state index contributed by atoms with van der Waals surface area (Å²) in [5.41, 5.74) is 5.79. The first kappa shape index (κ1) is 20.9. The van der Waals surface area contributed by atoms with Crippen molar-refractivity contribution in [2.75, 3.05) is 45.3 Å². The minimum Gasteiger partial charge on any atom is -0.382 e. The molecule has 31 heavy (non-hydrogen) atoms. The van der Waals surface area contributed by atoms with Crippen molar-refractivity contribution in [1.82, 2.24) is 9.88 Å². The van der Waals surface area contributed by atoms with Crippen LogP contribution in [0.2, 0.25) is 0 Å². The number of aromatic nitrogens is 1. The number of nitrogens with zero attached hydrogens (tertiary/aromatic N) is 2. The summed E-state index contributed by atoms with van der Waals surface area (Å²) in [7, 11) is 1.73. The second-order valence-corrected chi connectivity index (χ2v) is 9.41. The smallest absolute Gasteiger partial charge is 0.0700 e. The lowest BCUT2D eigenvalue weighted by atomic mass is 9.52. The SMILES string of the molecule is COCCOCCN1CC[C@]23CCCC[C@H]2[C@H]1Cc1ccc(Nc2cccnc2)cc13. The van der Waals surface area contributed by atoms with Crippen LogP contribution in [-0.2, 0) is 21.3 Å². The average molecular weight is 422 g/mol. The molecular weight excluding hydrogens is 386 g/mol. The van der Waals surface area contributed by atoms with E-state index in [0.29, 0.717) is 24.7 Å². The molecule has 1 aromatic carbocycles. The van der Waals surface area contributed by atoms with Gasteiger partial charge in [-0.3, -0.25) is 9.88 Å². The number of hydrogen-bond donors (Lipinski definition) is 1. The number of rotatable bonds is 8. The summed E-state index contributed by atoms with van der Waals surface area (Å²) in [6, 6.07) is 11.8. The van der Waals surface area contributed by atoms with Gasteiger partial charge in [-0.05, 0) is 73.5 Å².